The van der Waals surface area contributed by atoms with E-state index in [9.17, 15) is 0 Å². The maximum atomic E-state index is 5.85. The predicted molar refractivity (Wildman–Crippen MR) is 95.1 cm³/mol. The lowest BCUT2D eigenvalue weighted by Gasteiger charge is -2.34. The number of nitrogens with zero attached hydrogens (tertiary/aromatic N) is 4. The molecule has 23 heavy (non-hydrogen) atoms. The van der Waals surface area contributed by atoms with Crippen molar-refractivity contribution in [3.8, 4) is 5.88 Å². The maximum Gasteiger partial charge on any atom is 0.234 e. The van der Waals surface area contributed by atoms with E-state index in [0.717, 1.165) is 36.9 Å². The molecule has 130 valence electrons. The second kappa shape index (κ2) is 9.14. The highest BCUT2D eigenvalue weighted by atomic mass is 32.2. The van der Waals surface area contributed by atoms with E-state index in [4.69, 9.17) is 9.47 Å². The van der Waals surface area contributed by atoms with Crippen molar-refractivity contribution in [1.82, 2.24) is 14.9 Å². The fraction of sp³-hybridized carbons (Fsp3) is 0.733. The molecule has 1 N–H and O–H groups in total. The Morgan fingerprint density at radius 3 is 2.52 bits per heavy atom. The molecule has 1 saturated heterocycles. The van der Waals surface area contributed by atoms with Gasteiger partial charge in [-0.05, 0) is 20.2 Å². The van der Waals surface area contributed by atoms with E-state index in [1.54, 1.807) is 11.8 Å². The summed E-state index contributed by atoms with van der Waals surface area (Å²) >= 11 is 1.63. The van der Waals surface area contributed by atoms with Crippen LogP contribution in [0.4, 0.5) is 11.8 Å². The number of ether oxygens (including phenoxy) is 2. The van der Waals surface area contributed by atoms with Crippen molar-refractivity contribution in [2.75, 3.05) is 76.6 Å². The summed E-state index contributed by atoms with van der Waals surface area (Å²) < 4.78 is 11.2. The van der Waals surface area contributed by atoms with Crippen molar-refractivity contribution in [2.45, 2.75) is 11.8 Å². The number of hydrogen-bond acceptors (Lipinski definition) is 8. The Labute approximate surface area is 142 Å². The lowest BCUT2D eigenvalue weighted by atomic mass is 10.3. The van der Waals surface area contributed by atoms with Crippen LogP contribution in [0.25, 0.3) is 0 Å². The number of hydrogen-bond donors (Lipinski definition) is 1. The molecule has 0 aromatic carbocycles. The highest BCUT2D eigenvalue weighted by molar-refractivity contribution is 7.98. The van der Waals surface area contributed by atoms with Gasteiger partial charge in [-0.25, -0.2) is 0 Å². The molecule has 0 saturated carbocycles. The van der Waals surface area contributed by atoms with Gasteiger partial charge in [-0.15, -0.1) is 11.8 Å². The predicted octanol–water partition coefficient (Wildman–Crippen LogP) is 1.41. The maximum absolute atomic E-state index is 5.85. The van der Waals surface area contributed by atoms with Gasteiger partial charge in [0.1, 0.15) is 11.5 Å². The second-order valence-electron chi connectivity index (χ2n) is 5.29. The Hall–Kier alpha value is -1.25. The summed E-state index contributed by atoms with van der Waals surface area (Å²) in [5.74, 6) is 2.17. The van der Waals surface area contributed by atoms with Gasteiger partial charge >= 0.3 is 0 Å². The van der Waals surface area contributed by atoms with E-state index in [1.807, 2.05) is 20.2 Å². The van der Waals surface area contributed by atoms with Crippen LogP contribution in [-0.4, -0.2) is 81.2 Å². The largest absolute Gasteiger partial charge is 0.474 e. The van der Waals surface area contributed by atoms with Crippen LogP contribution in [0.15, 0.2) is 4.90 Å². The van der Waals surface area contributed by atoms with Gasteiger partial charge in [0, 0.05) is 39.8 Å². The zero-order valence-corrected chi connectivity index (χ0v) is 15.3. The monoisotopic (exact) mass is 341 g/mol. The van der Waals surface area contributed by atoms with Crippen LogP contribution in [0.2, 0.25) is 0 Å². The molecule has 0 amide bonds. The molecular formula is C15H27N5O2S. The topological polar surface area (TPSA) is 62.8 Å². The first-order valence-corrected chi connectivity index (χ1v) is 9.19. The third kappa shape index (κ3) is 4.86. The molecule has 1 fully saturated rings. The molecule has 0 unspecified atom stereocenters. The Kier molecular flexibility index (Phi) is 7.19. The summed E-state index contributed by atoms with van der Waals surface area (Å²) in [5.41, 5.74) is 0. The van der Waals surface area contributed by atoms with Crippen LogP contribution in [0.1, 0.15) is 6.92 Å². The molecule has 1 aromatic heterocycles. The molecule has 0 bridgehead atoms. The third-order valence-electron chi connectivity index (χ3n) is 3.72. The first-order valence-electron chi connectivity index (χ1n) is 7.97. The molecule has 0 radical (unpaired) electrons. The minimum atomic E-state index is 0.490. The number of anilines is 2. The molecule has 7 nitrogen and oxygen atoms in total. The van der Waals surface area contributed by atoms with Crippen molar-refractivity contribution in [2.24, 2.45) is 0 Å². The van der Waals surface area contributed by atoms with Crippen LogP contribution in [0, 0.1) is 0 Å². The molecular weight excluding hydrogens is 314 g/mol. The molecule has 1 aliphatic rings. The summed E-state index contributed by atoms with van der Waals surface area (Å²) in [6.45, 7) is 7.71. The van der Waals surface area contributed by atoms with Gasteiger partial charge in [-0.2, -0.15) is 9.97 Å². The molecule has 0 spiro atoms. The SMILES string of the molecule is CCOCCOc1nc(NC)nc(N2CCN(C)CC2)c1SC. The smallest absolute Gasteiger partial charge is 0.234 e. The number of piperazine rings is 1. The van der Waals surface area contributed by atoms with Crippen molar-refractivity contribution in [3.63, 3.8) is 0 Å². The Bertz CT molecular complexity index is 495. The summed E-state index contributed by atoms with van der Waals surface area (Å²) in [4.78, 5) is 14.8. The van der Waals surface area contributed by atoms with Gasteiger partial charge in [0.05, 0.1) is 6.61 Å². The van der Waals surface area contributed by atoms with Crippen LogP contribution in [-0.2, 0) is 4.74 Å². The first-order chi connectivity index (χ1) is 11.2. The molecule has 8 heteroatoms. The molecule has 1 aromatic rings. The van der Waals surface area contributed by atoms with E-state index >= 15 is 0 Å². The number of rotatable bonds is 8. The zero-order chi connectivity index (χ0) is 16.7. The molecule has 0 aliphatic carbocycles. The van der Waals surface area contributed by atoms with Crippen molar-refractivity contribution < 1.29 is 9.47 Å². The number of nitrogens with one attached hydrogen (secondary N) is 1. The van der Waals surface area contributed by atoms with Crippen molar-refractivity contribution in [1.29, 1.82) is 0 Å². The second-order valence-corrected chi connectivity index (χ2v) is 6.11. The van der Waals surface area contributed by atoms with Crippen molar-refractivity contribution >= 4 is 23.5 Å². The Morgan fingerprint density at radius 2 is 1.91 bits per heavy atom. The van der Waals surface area contributed by atoms with Crippen LogP contribution in [0.5, 0.6) is 5.88 Å². The third-order valence-corrected chi connectivity index (χ3v) is 4.48. The minimum Gasteiger partial charge on any atom is -0.474 e. The van der Waals surface area contributed by atoms with Gasteiger partial charge in [0.2, 0.25) is 11.8 Å². The summed E-state index contributed by atoms with van der Waals surface area (Å²) in [6.07, 6.45) is 2.03. The summed E-state index contributed by atoms with van der Waals surface area (Å²) in [6, 6.07) is 0. The Morgan fingerprint density at radius 1 is 1.17 bits per heavy atom. The van der Waals surface area contributed by atoms with Crippen LogP contribution >= 0.6 is 11.8 Å². The van der Waals surface area contributed by atoms with Crippen LogP contribution < -0.4 is 15.0 Å². The Balaban J connectivity index is 2.21. The van der Waals surface area contributed by atoms with Gasteiger partial charge in [-0.3, -0.25) is 0 Å². The van der Waals surface area contributed by atoms with E-state index < -0.39 is 0 Å². The average molecular weight is 341 g/mol. The quantitative estimate of drug-likeness (QED) is 0.562. The average Bonchev–Trinajstić information content (AvgIpc) is 2.58. The standard InChI is InChI=1S/C15H27N5O2S/c1-5-21-10-11-22-14-12(23-4)13(17-15(16-2)18-14)20-8-6-19(3)7-9-20/h5-11H2,1-4H3,(H,16,17,18). The molecule has 0 atom stereocenters. The summed E-state index contributed by atoms with van der Waals surface area (Å²) in [7, 11) is 3.97. The fourth-order valence-electron chi connectivity index (χ4n) is 2.38. The highest BCUT2D eigenvalue weighted by Gasteiger charge is 2.22. The van der Waals surface area contributed by atoms with E-state index in [2.05, 4.69) is 32.1 Å². The lowest BCUT2D eigenvalue weighted by Crippen LogP contribution is -2.45. The van der Waals surface area contributed by atoms with E-state index in [-0.39, 0.29) is 0 Å². The number of thioether (sulfide) groups is 1. The number of aromatic nitrogens is 2. The lowest BCUT2D eigenvalue weighted by molar-refractivity contribution is 0.107. The molecule has 1 aliphatic heterocycles. The normalized spacial score (nSPS) is 15.7. The fourth-order valence-corrected chi connectivity index (χ4v) is 3.02. The molecule has 2 heterocycles. The van der Waals surface area contributed by atoms with Crippen molar-refractivity contribution in [3.05, 3.63) is 0 Å². The van der Waals surface area contributed by atoms with E-state index in [1.165, 1.54) is 0 Å². The zero-order valence-electron chi connectivity index (χ0n) is 14.5. The minimum absolute atomic E-state index is 0.490. The molecule has 2 rings (SSSR count). The van der Waals surface area contributed by atoms with E-state index in [0.29, 0.717) is 31.6 Å². The highest BCUT2D eigenvalue weighted by Crippen LogP contribution is 2.35. The first kappa shape index (κ1) is 18.1. The summed E-state index contributed by atoms with van der Waals surface area (Å²) in [5, 5.41) is 3.03. The van der Waals surface area contributed by atoms with Gasteiger partial charge in [0.15, 0.2) is 5.82 Å². The van der Waals surface area contributed by atoms with Gasteiger partial charge < -0.3 is 24.6 Å². The van der Waals surface area contributed by atoms with Gasteiger partial charge in [0.25, 0.3) is 0 Å². The van der Waals surface area contributed by atoms with Gasteiger partial charge in [-0.1, -0.05) is 0 Å². The number of likely N-dealkylation sites (N-methyl/N-ethyl adjacent to an activating group) is 1. The van der Waals surface area contributed by atoms with Crippen LogP contribution in [0.3, 0.4) is 0 Å².